The summed E-state index contributed by atoms with van der Waals surface area (Å²) in [5.74, 6) is -2.08. The molecule has 2 aromatic carbocycles. The van der Waals surface area contributed by atoms with E-state index in [-0.39, 0.29) is 28.4 Å². The average molecular weight is 448 g/mol. The molecule has 4 N–H and O–H groups in total. The first-order valence-electron chi connectivity index (χ1n) is 9.00. The maximum absolute atomic E-state index is 13.4. The monoisotopic (exact) mass is 448 g/mol. The van der Waals surface area contributed by atoms with Gasteiger partial charge in [-0.05, 0) is 61.0 Å². The number of amidine groups is 1. The standard InChI is InChI=1S/C21H16F4N4O3/c1-11-8-13(22)3-5-17(11)32-18-9-12(21(23,24)25)2-4-15(18)20(30)28-14-6-7-27-16(10-14)19(26)29-31/h2-10,31H,1H3,(H2,26,29)(H,27,28,30). The third-order valence-electron chi connectivity index (χ3n) is 4.30. The van der Waals surface area contributed by atoms with E-state index in [1.807, 2.05) is 0 Å². The molecule has 1 heterocycles. The summed E-state index contributed by atoms with van der Waals surface area (Å²) in [4.78, 5) is 16.6. The first-order chi connectivity index (χ1) is 15.1. The van der Waals surface area contributed by atoms with Gasteiger partial charge in [0.1, 0.15) is 23.0 Å². The predicted octanol–water partition coefficient (Wildman–Crippen LogP) is 4.90. The summed E-state index contributed by atoms with van der Waals surface area (Å²) >= 11 is 0. The molecule has 11 heteroatoms. The summed E-state index contributed by atoms with van der Waals surface area (Å²) in [5.41, 5.74) is 0.874. The van der Waals surface area contributed by atoms with E-state index < -0.39 is 29.3 Å². The highest BCUT2D eigenvalue weighted by molar-refractivity contribution is 6.06. The summed E-state index contributed by atoms with van der Waals surface area (Å²) in [6, 6.07) is 8.52. The number of carbonyl (C=O) groups excluding carboxylic acids is 1. The van der Waals surface area contributed by atoms with E-state index in [9.17, 15) is 22.4 Å². The lowest BCUT2D eigenvalue weighted by Gasteiger charge is -2.16. The van der Waals surface area contributed by atoms with Crippen molar-refractivity contribution < 1.29 is 32.3 Å². The largest absolute Gasteiger partial charge is 0.456 e. The van der Waals surface area contributed by atoms with Crippen LogP contribution in [0.1, 0.15) is 27.2 Å². The molecule has 0 unspecified atom stereocenters. The number of pyridine rings is 1. The Labute approximate surface area is 179 Å². The third kappa shape index (κ3) is 5.19. The van der Waals surface area contributed by atoms with Crippen molar-refractivity contribution in [3.63, 3.8) is 0 Å². The minimum absolute atomic E-state index is 0.0103. The van der Waals surface area contributed by atoms with Crippen LogP contribution < -0.4 is 15.5 Å². The van der Waals surface area contributed by atoms with Crippen LogP contribution in [0.3, 0.4) is 0 Å². The van der Waals surface area contributed by atoms with Crippen molar-refractivity contribution in [3.05, 3.63) is 82.9 Å². The Morgan fingerprint density at radius 1 is 1.09 bits per heavy atom. The van der Waals surface area contributed by atoms with Crippen LogP contribution in [0.5, 0.6) is 11.5 Å². The first-order valence-corrected chi connectivity index (χ1v) is 9.00. The van der Waals surface area contributed by atoms with E-state index in [4.69, 9.17) is 15.4 Å². The Balaban J connectivity index is 1.97. The number of aryl methyl sites for hydroxylation is 1. The second-order valence-corrected chi connectivity index (χ2v) is 6.59. The molecule has 1 amide bonds. The number of nitrogens with one attached hydrogen (secondary N) is 3. The Morgan fingerprint density at radius 2 is 1.84 bits per heavy atom. The molecule has 166 valence electrons. The fourth-order valence-corrected chi connectivity index (χ4v) is 2.72. The van der Waals surface area contributed by atoms with Gasteiger partial charge >= 0.3 is 6.18 Å². The number of nitrogens with zero attached hydrogens (tertiary/aromatic N) is 1. The molecule has 3 aromatic rings. The molecule has 32 heavy (non-hydrogen) atoms. The zero-order valence-electron chi connectivity index (χ0n) is 16.4. The number of rotatable bonds is 5. The number of hydrogen-bond acceptors (Lipinski definition) is 5. The van der Waals surface area contributed by atoms with Gasteiger partial charge in [0.25, 0.3) is 5.91 Å². The lowest BCUT2D eigenvalue weighted by Crippen LogP contribution is -2.20. The predicted molar refractivity (Wildman–Crippen MR) is 107 cm³/mol. The van der Waals surface area contributed by atoms with E-state index in [0.717, 1.165) is 24.3 Å². The van der Waals surface area contributed by atoms with E-state index >= 15 is 0 Å². The fourth-order valence-electron chi connectivity index (χ4n) is 2.72. The molecule has 0 aliphatic carbocycles. The first kappa shape index (κ1) is 22.7. The Kier molecular flexibility index (Phi) is 6.40. The van der Waals surface area contributed by atoms with E-state index in [1.165, 1.54) is 31.3 Å². The van der Waals surface area contributed by atoms with Crippen molar-refractivity contribution in [1.82, 2.24) is 10.5 Å². The van der Waals surface area contributed by atoms with Crippen LogP contribution in [-0.4, -0.2) is 21.9 Å². The number of hydrogen-bond donors (Lipinski definition) is 4. The number of carbonyl (C=O) groups is 1. The van der Waals surface area contributed by atoms with Crippen LogP contribution >= 0.6 is 0 Å². The highest BCUT2D eigenvalue weighted by Gasteiger charge is 2.32. The molecule has 3 rings (SSSR count). The highest BCUT2D eigenvalue weighted by atomic mass is 19.4. The van der Waals surface area contributed by atoms with Gasteiger partial charge in [0, 0.05) is 11.9 Å². The van der Waals surface area contributed by atoms with Crippen molar-refractivity contribution in [3.8, 4) is 11.5 Å². The maximum Gasteiger partial charge on any atom is 0.416 e. The zero-order chi connectivity index (χ0) is 23.5. The molecule has 1 aromatic heterocycles. The fraction of sp³-hybridized carbons (Fsp3) is 0.0952. The SMILES string of the molecule is Cc1cc(F)ccc1Oc1cc(C(F)(F)F)ccc1C(=O)Nc1ccnc(C(=N)NO)c1. The maximum atomic E-state index is 13.4. The van der Waals surface area contributed by atoms with Gasteiger partial charge in [-0.25, -0.2) is 4.39 Å². The van der Waals surface area contributed by atoms with Crippen LogP contribution in [0.4, 0.5) is 23.2 Å². The van der Waals surface area contributed by atoms with E-state index in [2.05, 4.69) is 10.3 Å². The number of alkyl halides is 3. The van der Waals surface area contributed by atoms with Crippen LogP contribution in [0.25, 0.3) is 0 Å². The van der Waals surface area contributed by atoms with Crippen molar-refractivity contribution >= 4 is 17.4 Å². The van der Waals surface area contributed by atoms with Gasteiger partial charge in [0.15, 0.2) is 5.84 Å². The van der Waals surface area contributed by atoms with Gasteiger partial charge < -0.3 is 10.1 Å². The van der Waals surface area contributed by atoms with Gasteiger partial charge in [-0.1, -0.05) is 0 Å². The number of aromatic nitrogens is 1. The average Bonchev–Trinajstić information content (AvgIpc) is 2.74. The molecule has 0 fully saturated rings. The summed E-state index contributed by atoms with van der Waals surface area (Å²) in [7, 11) is 0. The molecule has 0 spiro atoms. The van der Waals surface area contributed by atoms with Gasteiger partial charge in [-0.2, -0.15) is 13.2 Å². The summed E-state index contributed by atoms with van der Waals surface area (Å²) in [6.45, 7) is 1.51. The summed E-state index contributed by atoms with van der Waals surface area (Å²) in [6.07, 6.45) is -3.41. The number of hydroxylamine groups is 1. The Bertz CT molecular complexity index is 1180. The van der Waals surface area contributed by atoms with Crippen molar-refractivity contribution in [2.24, 2.45) is 0 Å². The van der Waals surface area contributed by atoms with Crippen LogP contribution in [0.2, 0.25) is 0 Å². The molecule has 0 saturated heterocycles. The van der Waals surface area contributed by atoms with Crippen LogP contribution in [0.15, 0.2) is 54.7 Å². The lowest BCUT2D eigenvalue weighted by molar-refractivity contribution is -0.137. The Hall–Kier alpha value is -3.99. The molecular formula is C21H16F4N4O3. The normalized spacial score (nSPS) is 11.1. The van der Waals surface area contributed by atoms with Crippen molar-refractivity contribution in [2.75, 3.05) is 5.32 Å². The molecule has 0 aliphatic rings. The van der Waals surface area contributed by atoms with Crippen molar-refractivity contribution in [2.45, 2.75) is 13.1 Å². The lowest BCUT2D eigenvalue weighted by atomic mass is 10.1. The van der Waals surface area contributed by atoms with Crippen LogP contribution in [0, 0.1) is 18.2 Å². The molecule has 0 saturated carbocycles. The minimum Gasteiger partial charge on any atom is -0.456 e. The molecule has 0 bridgehead atoms. The zero-order valence-corrected chi connectivity index (χ0v) is 16.4. The molecule has 0 radical (unpaired) electrons. The molecule has 0 aliphatic heterocycles. The smallest absolute Gasteiger partial charge is 0.416 e. The number of ether oxygens (including phenoxy) is 1. The molecule has 0 atom stereocenters. The third-order valence-corrected chi connectivity index (χ3v) is 4.30. The Morgan fingerprint density at radius 3 is 2.50 bits per heavy atom. The number of benzene rings is 2. The molecular weight excluding hydrogens is 432 g/mol. The van der Waals surface area contributed by atoms with E-state index in [0.29, 0.717) is 11.6 Å². The van der Waals surface area contributed by atoms with Gasteiger partial charge in [-0.15, -0.1) is 0 Å². The second-order valence-electron chi connectivity index (χ2n) is 6.59. The second kappa shape index (κ2) is 9.02. The van der Waals surface area contributed by atoms with Crippen LogP contribution in [-0.2, 0) is 6.18 Å². The summed E-state index contributed by atoms with van der Waals surface area (Å²) in [5, 5.41) is 18.8. The van der Waals surface area contributed by atoms with Gasteiger partial charge in [0.05, 0.1) is 11.1 Å². The summed E-state index contributed by atoms with van der Waals surface area (Å²) < 4.78 is 58.6. The topological polar surface area (TPSA) is 107 Å². The number of halogens is 4. The molecule has 7 nitrogen and oxygen atoms in total. The van der Waals surface area contributed by atoms with E-state index in [1.54, 1.807) is 5.48 Å². The van der Waals surface area contributed by atoms with Crippen molar-refractivity contribution in [1.29, 1.82) is 5.41 Å². The minimum atomic E-state index is -4.68. The number of amides is 1. The number of anilines is 1. The van der Waals surface area contributed by atoms with Gasteiger partial charge in [0.2, 0.25) is 0 Å². The quantitative estimate of drug-likeness (QED) is 0.192. The van der Waals surface area contributed by atoms with Gasteiger partial charge in [-0.3, -0.25) is 25.9 Å². The highest BCUT2D eigenvalue weighted by Crippen LogP contribution is 2.36.